The Kier molecular flexibility index (Phi) is 4.47. The molecule has 2 aromatic carbocycles. The minimum Gasteiger partial charge on any atom is -0.455 e. The smallest absolute Gasteiger partial charge is 0.269 e. The first-order valence-corrected chi connectivity index (χ1v) is 6.70. The number of benzene rings is 2. The van der Waals surface area contributed by atoms with Crippen LogP contribution >= 0.6 is 23.2 Å². The third kappa shape index (κ3) is 3.03. The van der Waals surface area contributed by atoms with Crippen molar-refractivity contribution < 1.29 is 9.66 Å². The first-order chi connectivity index (χ1) is 9.52. The molecular formula is C14H11Cl2NO3. The Morgan fingerprint density at radius 2 is 2.05 bits per heavy atom. The van der Waals surface area contributed by atoms with E-state index < -0.39 is 4.92 Å². The van der Waals surface area contributed by atoms with E-state index in [1.807, 2.05) is 6.07 Å². The second-order valence-electron chi connectivity index (χ2n) is 4.17. The quantitative estimate of drug-likeness (QED) is 0.449. The summed E-state index contributed by atoms with van der Waals surface area (Å²) in [7, 11) is 0. The molecule has 0 saturated heterocycles. The fourth-order valence-corrected chi connectivity index (χ4v) is 2.19. The molecule has 0 aliphatic heterocycles. The van der Waals surface area contributed by atoms with Crippen LogP contribution in [-0.2, 0) is 5.88 Å². The van der Waals surface area contributed by atoms with Crippen molar-refractivity contribution in [1.82, 2.24) is 0 Å². The lowest BCUT2D eigenvalue weighted by Crippen LogP contribution is -1.94. The van der Waals surface area contributed by atoms with Gasteiger partial charge in [0.15, 0.2) is 0 Å². The number of para-hydroxylation sites is 1. The van der Waals surface area contributed by atoms with Crippen molar-refractivity contribution in [3.63, 3.8) is 0 Å². The number of hydrogen-bond acceptors (Lipinski definition) is 3. The SMILES string of the molecule is Cc1cc([N+](=O)[O-])ccc1Oc1c(Cl)cccc1CCl. The minimum absolute atomic E-state index is 0.0200. The predicted octanol–water partition coefficient (Wildman–Crippen LogP) is 5.09. The van der Waals surface area contributed by atoms with E-state index in [0.29, 0.717) is 22.1 Å². The van der Waals surface area contributed by atoms with Crippen molar-refractivity contribution >= 4 is 28.9 Å². The first kappa shape index (κ1) is 14.6. The number of nitro benzene ring substituents is 1. The largest absolute Gasteiger partial charge is 0.455 e. The van der Waals surface area contributed by atoms with Gasteiger partial charge in [-0.15, -0.1) is 11.6 Å². The average Bonchev–Trinajstić information content (AvgIpc) is 2.42. The number of non-ortho nitro benzene ring substituents is 1. The Balaban J connectivity index is 2.38. The number of ether oxygens (including phenoxy) is 1. The van der Waals surface area contributed by atoms with E-state index in [-0.39, 0.29) is 11.6 Å². The molecule has 0 atom stereocenters. The maximum absolute atomic E-state index is 10.7. The number of hydrogen-bond donors (Lipinski definition) is 0. The molecule has 0 bridgehead atoms. The second-order valence-corrected chi connectivity index (χ2v) is 4.85. The summed E-state index contributed by atoms with van der Waals surface area (Å²) in [4.78, 5) is 10.3. The lowest BCUT2D eigenvalue weighted by Gasteiger charge is -2.13. The molecule has 2 aromatic rings. The molecule has 0 aliphatic carbocycles. The lowest BCUT2D eigenvalue weighted by molar-refractivity contribution is -0.384. The van der Waals surface area contributed by atoms with Crippen LogP contribution in [0.3, 0.4) is 0 Å². The Morgan fingerprint density at radius 1 is 1.30 bits per heavy atom. The molecule has 2 rings (SSSR count). The molecule has 0 fully saturated rings. The number of aryl methyl sites for hydroxylation is 1. The zero-order valence-corrected chi connectivity index (χ0v) is 12.1. The molecule has 0 radical (unpaired) electrons. The van der Waals surface area contributed by atoms with Gasteiger partial charge in [0.1, 0.15) is 11.5 Å². The van der Waals surface area contributed by atoms with Crippen molar-refractivity contribution in [1.29, 1.82) is 0 Å². The van der Waals surface area contributed by atoms with Crippen LogP contribution in [0.25, 0.3) is 0 Å². The van der Waals surface area contributed by atoms with Gasteiger partial charge in [0.05, 0.1) is 15.8 Å². The third-order valence-electron chi connectivity index (χ3n) is 2.77. The van der Waals surface area contributed by atoms with Crippen LogP contribution in [0.2, 0.25) is 5.02 Å². The fourth-order valence-electron chi connectivity index (χ4n) is 1.74. The highest BCUT2D eigenvalue weighted by Gasteiger charge is 2.13. The monoisotopic (exact) mass is 311 g/mol. The molecule has 0 heterocycles. The van der Waals surface area contributed by atoms with E-state index in [1.54, 1.807) is 25.1 Å². The van der Waals surface area contributed by atoms with Gasteiger partial charge in [-0.1, -0.05) is 23.7 Å². The maximum atomic E-state index is 10.7. The van der Waals surface area contributed by atoms with Gasteiger partial charge in [0, 0.05) is 17.7 Å². The molecule has 104 valence electrons. The van der Waals surface area contributed by atoms with Gasteiger partial charge in [-0.3, -0.25) is 10.1 Å². The zero-order valence-electron chi connectivity index (χ0n) is 10.6. The highest BCUT2D eigenvalue weighted by molar-refractivity contribution is 6.32. The molecule has 0 amide bonds. The van der Waals surface area contributed by atoms with Gasteiger partial charge in [0.25, 0.3) is 5.69 Å². The zero-order chi connectivity index (χ0) is 14.7. The Bertz CT molecular complexity index is 659. The van der Waals surface area contributed by atoms with E-state index in [9.17, 15) is 10.1 Å². The summed E-state index contributed by atoms with van der Waals surface area (Å²) in [5.41, 5.74) is 1.43. The van der Waals surface area contributed by atoms with Gasteiger partial charge < -0.3 is 4.74 Å². The van der Waals surface area contributed by atoms with Crippen molar-refractivity contribution in [2.75, 3.05) is 0 Å². The van der Waals surface area contributed by atoms with E-state index in [4.69, 9.17) is 27.9 Å². The lowest BCUT2D eigenvalue weighted by atomic mass is 10.2. The van der Waals surface area contributed by atoms with Crippen molar-refractivity contribution in [2.45, 2.75) is 12.8 Å². The molecular weight excluding hydrogens is 301 g/mol. The molecule has 4 nitrogen and oxygen atoms in total. The average molecular weight is 312 g/mol. The summed E-state index contributed by atoms with van der Waals surface area (Å²) >= 11 is 11.9. The van der Waals surface area contributed by atoms with Crippen molar-refractivity contribution in [3.05, 3.63) is 62.7 Å². The second kappa shape index (κ2) is 6.11. The molecule has 0 saturated carbocycles. The summed E-state index contributed by atoms with van der Waals surface area (Å²) in [6, 6.07) is 9.69. The van der Waals surface area contributed by atoms with E-state index >= 15 is 0 Å². The fraction of sp³-hybridized carbons (Fsp3) is 0.143. The van der Waals surface area contributed by atoms with Crippen LogP contribution in [-0.4, -0.2) is 4.92 Å². The van der Waals surface area contributed by atoms with Gasteiger partial charge >= 0.3 is 0 Å². The van der Waals surface area contributed by atoms with E-state index in [2.05, 4.69) is 0 Å². The van der Waals surface area contributed by atoms with Crippen molar-refractivity contribution in [3.8, 4) is 11.5 Å². The van der Waals surface area contributed by atoms with Gasteiger partial charge in [-0.05, 0) is 24.6 Å². The highest BCUT2D eigenvalue weighted by atomic mass is 35.5. The number of nitrogens with zero attached hydrogens (tertiary/aromatic N) is 1. The topological polar surface area (TPSA) is 52.4 Å². The van der Waals surface area contributed by atoms with E-state index in [1.165, 1.54) is 12.1 Å². The Morgan fingerprint density at radius 3 is 2.65 bits per heavy atom. The summed E-state index contributed by atoms with van der Waals surface area (Å²) in [6.07, 6.45) is 0. The van der Waals surface area contributed by atoms with Gasteiger partial charge in [-0.25, -0.2) is 0 Å². The molecule has 0 unspecified atom stereocenters. The molecule has 0 aliphatic rings. The van der Waals surface area contributed by atoms with Crippen LogP contribution in [0.4, 0.5) is 5.69 Å². The van der Waals surface area contributed by atoms with Crippen LogP contribution in [0.5, 0.6) is 11.5 Å². The molecule has 0 aromatic heterocycles. The normalized spacial score (nSPS) is 10.3. The standard InChI is InChI=1S/C14H11Cl2NO3/c1-9-7-11(17(18)19)5-6-13(9)20-14-10(8-15)3-2-4-12(14)16/h2-7H,8H2,1H3. The van der Waals surface area contributed by atoms with Crippen LogP contribution < -0.4 is 4.74 Å². The molecule has 6 heteroatoms. The molecule has 0 N–H and O–H groups in total. The summed E-state index contributed by atoms with van der Waals surface area (Å²) < 4.78 is 5.76. The molecule has 20 heavy (non-hydrogen) atoms. The third-order valence-corrected chi connectivity index (χ3v) is 3.36. The number of halogens is 2. The van der Waals surface area contributed by atoms with Crippen LogP contribution in [0.1, 0.15) is 11.1 Å². The number of rotatable bonds is 4. The Hall–Kier alpha value is -1.78. The van der Waals surface area contributed by atoms with Crippen LogP contribution in [0, 0.1) is 17.0 Å². The number of nitro groups is 1. The van der Waals surface area contributed by atoms with Gasteiger partial charge in [-0.2, -0.15) is 0 Å². The minimum atomic E-state index is -0.448. The van der Waals surface area contributed by atoms with Crippen LogP contribution in [0.15, 0.2) is 36.4 Å². The predicted molar refractivity (Wildman–Crippen MR) is 78.9 cm³/mol. The molecule has 0 spiro atoms. The van der Waals surface area contributed by atoms with E-state index in [0.717, 1.165) is 5.56 Å². The summed E-state index contributed by atoms with van der Waals surface area (Å²) in [5.74, 6) is 1.25. The maximum Gasteiger partial charge on any atom is 0.269 e. The summed E-state index contributed by atoms with van der Waals surface area (Å²) in [5, 5.41) is 11.1. The van der Waals surface area contributed by atoms with Crippen molar-refractivity contribution in [2.24, 2.45) is 0 Å². The first-order valence-electron chi connectivity index (χ1n) is 5.79. The highest BCUT2D eigenvalue weighted by Crippen LogP contribution is 2.35. The summed E-state index contributed by atoms with van der Waals surface area (Å²) in [6.45, 7) is 1.74. The Labute approximate surface area is 126 Å². The number of alkyl halides is 1. The van der Waals surface area contributed by atoms with Gasteiger partial charge in [0.2, 0.25) is 0 Å².